The zero-order chi connectivity index (χ0) is 7.78. The summed E-state index contributed by atoms with van der Waals surface area (Å²) in [6.45, 7) is -2.85. The molecule has 5 heteroatoms. The van der Waals surface area contributed by atoms with Gasteiger partial charge < -0.3 is 12.9 Å². The molecule has 0 saturated heterocycles. The summed E-state index contributed by atoms with van der Waals surface area (Å²) in [6, 6.07) is 0. The third kappa shape index (κ3) is 3.38. The van der Waals surface area contributed by atoms with Crippen molar-refractivity contribution in [3.8, 4) is 0 Å². The number of hydrogen-bond acceptors (Lipinski definition) is 0. The maximum Gasteiger partial charge on any atom is 1.00 e. The average Bonchev–Trinajstić information content (AvgIpc) is 2.11. The van der Waals surface area contributed by atoms with Gasteiger partial charge in [-0.2, -0.15) is 0 Å². The van der Waals surface area contributed by atoms with Crippen LogP contribution in [0.5, 0.6) is 0 Å². The maximum absolute atomic E-state index is 12.1. The SMILES string of the molecule is C[C@@H]1CCC[C@H]1[B-](F)(F)F.[K+]. The molecule has 0 aromatic heterocycles. The number of halogens is 3. The van der Waals surface area contributed by atoms with Gasteiger partial charge in [-0.15, -0.1) is 0 Å². The minimum atomic E-state index is -4.55. The Labute approximate surface area is 108 Å². The van der Waals surface area contributed by atoms with E-state index in [0.717, 1.165) is 12.8 Å². The molecule has 1 fully saturated rings. The number of hydrogen-bond donors (Lipinski definition) is 0. The molecule has 11 heavy (non-hydrogen) atoms. The van der Waals surface area contributed by atoms with Gasteiger partial charge in [0.2, 0.25) is 0 Å². The molecule has 0 spiro atoms. The van der Waals surface area contributed by atoms with E-state index in [1.807, 2.05) is 0 Å². The maximum atomic E-state index is 12.1. The van der Waals surface area contributed by atoms with Crippen molar-refractivity contribution >= 4 is 6.98 Å². The topological polar surface area (TPSA) is 0 Å². The first-order chi connectivity index (χ1) is 4.52. The molecule has 0 aliphatic heterocycles. The van der Waals surface area contributed by atoms with Crippen molar-refractivity contribution in [2.24, 2.45) is 5.92 Å². The molecule has 0 bridgehead atoms. The second-order valence-electron chi connectivity index (χ2n) is 3.20. The third-order valence-electron chi connectivity index (χ3n) is 2.41. The molecule has 60 valence electrons. The molecular formula is C6H11BF3K. The van der Waals surface area contributed by atoms with E-state index in [4.69, 9.17) is 0 Å². The fourth-order valence-corrected chi connectivity index (χ4v) is 1.74. The fraction of sp³-hybridized carbons (Fsp3) is 1.00. The van der Waals surface area contributed by atoms with Gasteiger partial charge in [0.15, 0.2) is 0 Å². The van der Waals surface area contributed by atoms with Crippen LogP contribution in [0, 0.1) is 5.92 Å². The van der Waals surface area contributed by atoms with Crippen molar-refractivity contribution in [2.75, 3.05) is 0 Å². The first-order valence-electron chi connectivity index (χ1n) is 3.72. The molecule has 0 radical (unpaired) electrons. The Hall–Kier alpha value is 1.49. The van der Waals surface area contributed by atoms with Gasteiger partial charge in [0, 0.05) is 0 Å². The van der Waals surface area contributed by atoms with Crippen LogP contribution in [-0.2, 0) is 0 Å². The van der Waals surface area contributed by atoms with Crippen molar-refractivity contribution < 1.29 is 64.3 Å². The Morgan fingerprint density at radius 2 is 1.73 bits per heavy atom. The molecule has 0 heterocycles. The van der Waals surface area contributed by atoms with Crippen LogP contribution >= 0.6 is 0 Å². The van der Waals surface area contributed by atoms with Gasteiger partial charge in [0.05, 0.1) is 0 Å². The average molecular weight is 190 g/mol. The number of rotatable bonds is 1. The normalized spacial score (nSPS) is 31.6. The van der Waals surface area contributed by atoms with Gasteiger partial charge in [-0.1, -0.05) is 37.9 Å². The van der Waals surface area contributed by atoms with Crippen LogP contribution in [-0.4, -0.2) is 6.98 Å². The molecule has 1 rings (SSSR count). The Bertz CT molecular complexity index is 125. The van der Waals surface area contributed by atoms with Crippen LogP contribution < -0.4 is 51.4 Å². The van der Waals surface area contributed by atoms with E-state index < -0.39 is 12.8 Å². The van der Waals surface area contributed by atoms with Crippen molar-refractivity contribution in [1.82, 2.24) is 0 Å². The Morgan fingerprint density at radius 1 is 1.18 bits per heavy atom. The molecular weight excluding hydrogens is 179 g/mol. The van der Waals surface area contributed by atoms with Gasteiger partial charge in [0.25, 0.3) is 0 Å². The molecule has 0 unspecified atom stereocenters. The summed E-state index contributed by atoms with van der Waals surface area (Å²) in [6.07, 6.45) is 1.88. The van der Waals surface area contributed by atoms with Crippen molar-refractivity contribution in [3.63, 3.8) is 0 Å². The van der Waals surface area contributed by atoms with E-state index >= 15 is 0 Å². The smallest absolute Gasteiger partial charge is 0.449 e. The first kappa shape index (κ1) is 12.5. The quantitative estimate of drug-likeness (QED) is 0.511. The van der Waals surface area contributed by atoms with Crippen LogP contribution in [0.2, 0.25) is 5.82 Å². The summed E-state index contributed by atoms with van der Waals surface area (Å²) in [5.41, 5.74) is 0. The van der Waals surface area contributed by atoms with Gasteiger partial charge in [-0.25, -0.2) is 0 Å². The van der Waals surface area contributed by atoms with Crippen molar-refractivity contribution in [1.29, 1.82) is 0 Å². The van der Waals surface area contributed by atoms with Crippen LogP contribution in [0.15, 0.2) is 0 Å². The summed E-state index contributed by atoms with van der Waals surface area (Å²) in [5, 5.41) is 0. The predicted molar refractivity (Wildman–Crippen MR) is 35.8 cm³/mol. The standard InChI is InChI=1S/C6H11BF3.K/c1-5-3-2-4-6(5)7(8,9)10;/h5-6H,2-4H2,1H3;/q-1;+1/t5-,6-;/m1./s1. The van der Waals surface area contributed by atoms with E-state index in [-0.39, 0.29) is 57.3 Å². The molecule has 1 aliphatic carbocycles. The monoisotopic (exact) mass is 190 g/mol. The summed E-state index contributed by atoms with van der Waals surface area (Å²) < 4.78 is 36.2. The largest absolute Gasteiger partial charge is 1.00 e. The summed E-state index contributed by atoms with van der Waals surface area (Å²) >= 11 is 0. The Kier molecular flexibility index (Phi) is 5.28. The van der Waals surface area contributed by atoms with E-state index in [0.29, 0.717) is 6.42 Å². The third-order valence-corrected chi connectivity index (χ3v) is 2.41. The Balaban J connectivity index is 0.000001000. The Morgan fingerprint density at radius 3 is 1.91 bits per heavy atom. The second-order valence-corrected chi connectivity index (χ2v) is 3.20. The van der Waals surface area contributed by atoms with Gasteiger partial charge >= 0.3 is 58.4 Å². The van der Waals surface area contributed by atoms with Crippen molar-refractivity contribution in [2.45, 2.75) is 32.0 Å². The van der Waals surface area contributed by atoms with Gasteiger partial charge in [0.1, 0.15) is 0 Å². The zero-order valence-corrected chi connectivity index (χ0v) is 10.1. The zero-order valence-electron chi connectivity index (χ0n) is 6.99. The molecule has 2 atom stereocenters. The molecule has 0 aromatic carbocycles. The van der Waals surface area contributed by atoms with Crippen LogP contribution in [0.1, 0.15) is 26.2 Å². The van der Waals surface area contributed by atoms with Gasteiger partial charge in [-0.05, 0) is 0 Å². The summed E-state index contributed by atoms with van der Waals surface area (Å²) in [5.74, 6) is -1.08. The van der Waals surface area contributed by atoms with Gasteiger partial charge in [-0.3, -0.25) is 0 Å². The molecule has 0 N–H and O–H groups in total. The first-order valence-corrected chi connectivity index (χ1v) is 3.72. The predicted octanol–water partition coefficient (Wildman–Crippen LogP) is 0.0280. The fourth-order valence-electron chi connectivity index (χ4n) is 1.74. The summed E-state index contributed by atoms with van der Waals surface area (Å²) in [7, 11) is 0. The van der Waals surface area contributed by atoms with E-state index in [1.165, 1.54) is 0 Å². The molecule has 1 saturated carbocycles. The van der Waals surface area contributed by atoms with E-state index in [2.05, 4.69) is 0 Å². The van der Waals surface area contributed by atoms with Crippen molar-refractivity contribution in [3.05, 3.63) is 0 Å². The molecule has 1 aliphatic rings. The molecule has 0 amide bonds. The van der Waals surface area contributed by atoms with Crippen LogP contribution in [0.3, 0.4) is 0 Å². The van der Waals surface area contributed by atoms with Crippen LogP contribution in [0.4, 0.5) is 12.9 Å². The van der Waals surface area contributed by atoms with E-state index in [9.17, 15) is 12.9 Å². The minimum Gasteiger partial charge on any atom is -0.449 e. The molecule has 0 aromatic rings. The minimum absolute atomic E-state index is 0. The van der Waals surface area contributed by atoms with Crippen LogP contribution in [0.25, 0.3) is 0 Å². The molecule has 0 nitrogen and oxygen atoms in total. The summed E-state index contributed by atoms with van der Waals surface area (Å²) in [4.78, 5) is 0. The van der Waals surface area contributed by atoms with E-state index in [1.54, 1.807) is 6.92 Å². The second kappa shape index (κ2) is 4.65.